The second-order valence-electron chi connectivity index (χ2n) is 3.67. The van der Waals surface area contributed by atoms with Crippen LogP contribution < -0.4 is 0 Å². The van der Waals surface area contributed by atoms with E-state index in [4.69, 9.17) is 12.2 Å². The third-order valence-corrected chi connectivity index (χ3v) is 2.96. The van der Waals surface area contributed by atoms with Crippen LogP contribution in [0.5, 0.6) is 0 Å². The lowest BCUT2D eigenvalue weighted by Crippen LogP contribution is -1.94. The van der Waals surface area contributed by atoms with Crippen molar-refractivity contribution in [1.82, 2.24) is 9.97 Å². The zero-order chi connectivity index (χ0) is 11.7. The Bertz CT molecular complexity index is 590. The summed E-state index contributed by atoms with van der Waals surface area (Å²) in [7, 11) is 0. The summed E-state index contributed by atoms with van der Waals surface area (Å²) in [4.78, 5) is 7.05. The molecule has 2 nitrogen and oxygen atoms in total. The number of rotatable bonds is 1. The first kappa shape index (κ1) is 11.0. The molecule has 0 fully saturated rings. The molecule has 0 aliphatic heterocycles. The van der Waals surface area contributed by atoms with Gasteiger partial charge in [-0.15, -0.1) is 0 Å². The van der Waals surface area contributed by atoms with Gasteiger partial charge in [0.25, 0.3) is 0 Å². The van der Waals surface area contributed by atoms with Crippen LogP contribution in [0.4, 0.5) is 4.39 Å². The molecule has 0 aliphatic rings. The quantitative estimate of drug-likeness (QED) is 0.764. The third kappa shape index (κ3) is 1.88. The Kier molecular flexibility index (Phi) is 2.83. The fourth-order valence-electron chi connectivity index (χ4n) is 1.65. The Labute approximate surface area is 98.2 Å². The molecule has 0 saturated heterocycles. The van der Waals surface area contributed by atoms with E-state index < -0.39 is 0 Å². The van der Waals surface area contributed by atoms with Gasteiger partial charge in [0.15, 0.2) is 0 Å². The number of aromatic amines is 1. The van der Waals surface area contributed by atoms with Crippen molar-refractivity contribution in [3.8, 4) is 11.3 Å². The van der Waals surface area contributed by atoms with E-state index >= 15 is 0 Å². The maximum Gasteiger partial charge on any atom is 0.132 e. The standard InChI is InChI=1S/C12H11FN2S/c1-7-5-9(13)3-4-10(7)11-8(2)12(16)15-6-14-11/h3-6H,1-2H3,(H,14,15,16). The molecule has 2 rings (SSSR count). The van der Waals surface area contributed by atoms with E-state index in [1.165, 1.54) is 12.1 Å². The van der Waals surface area contributed by atoms with Crippen molar-refractivity contribution in [1.29, 1.82) is 0 Å². The number of benzene rings is 1. The largest absolute Gasteiger partial charge is 0.346 e. The fraction of sp³-hybridized carbons (Fsp3) is 0.167. The van der Waals surface area contributed by atoms with Gasteiger partial charge in [-0.2, -0.15) is 0 Å². The Morgan fingerprint density at radius 2 is 2.06 bits per heavy atom. The Hall–Kier alpha value is -1.55. The molecule has 16 heavy (non-hydrogen) atoms. The fourth-order valence-corrected chi connectivity index (χ4v) is 1.81. The van der Waals surface area contributed by atoms with Crippen molar-refractivity contribution in [2.45, 2.75) is 13.8 Å². The van der Waals surface area contributed by atoms with Gasteiger partial charge in [-0.3, -0.25) is 0 Å². The van der Waals surface area contributed by atoms with E-state index in [9.17, 15) is 4.39 Å². The highest BCUT2D eigenvalue weighted by atomic mass is 32.1. The molecule has 4 heteroatoms. The van der Waals surface area contributed by atoms with Crippen molar-refractivity contribution in [3.05, 3.63) is 46.1 Å². The van der Waals surface area contributed by atoms with Crippen LogP contribution in [-0.2, 0) is 0 Å². The van der Waals surface area contributed by atoms with E-state index in [1.807, 2.05) is 13.8 Å². The second kappa shape index (κ2) is 4.14. The second-order valence-corrected chi connectivity index (χ2v) is 4.05. The Morgan fingerprint density at radius 1 is 1.31 bits per heavy atom. The van der Waals surface area contributed by atoms with Crippen LogP contribution in [0.1, 0.15) is 11.1 Å². The molecule has 0 aliphatic carbocycles. The van der Waals surface area contributed by atoms with Crippen molar-refractivity contribution < 1.29 is 4.39 Å². The molecule has 1 N–H and O–H groups in total. The number of aromatic nitrogens is 2. The molecule has 1 aromatic heterocycles. The van der Waals surface area contributed by atoms with E-state index in [-0.39, 0.29) is 5.82 Å². The van der Waals surface area contributed by atoms with Crippen LogP contribution in [0.25, 0.3) is 11.3 Å². The molecule has 0 saturated carbocycles. The van der Waals surface area contributed by atoms with Crippen molar-refractivity contribution in [2.75, 3.05) is 0 Å². The van der Waals surface area contributed by atoms with Gasteiger partial charge in [0, 0.05) is 11.1 Å². The van der Waals surface area contributed by atoms with E-state index in [0.717, 1.165) is 22.4 Å². The Morgan fingerprint density at radius 3 is 2.75 bits per heavy atom. The first-order valence-electron chi connectivity index (χ1n) is 4.90. The predicted molar refractivity (Wildman–Crippen MR) is 64.3 cm³/mol. The summed E-state index contributed by atoms with van der Waals surface area (Å²) in [5, 5.41) is 0. The molecule has 0 amide bonds. The lowest BCUT2D eigenvalue weighted by molar-refractivity contribution is 0.627. The lowest BCUT2D eigenvalue weighted by Gasteiger charge is -2.08. The minimum atomic E-state index is -0.230. The zero-order valence-electron chi connectivity index (χ0n) is 9.04. The number of H-pyrrole nitrogens is 1. The zero-order valence-corrected chi connectivity index (χ0v) is 9.86. The average Bonchev–Trinajstić information content (AvgIpc) is 2.23. The van der Waals surface area contributed by atoms with E-state index in [1.54, 1.807) is 12.4 Å². The first-order valence-corrected chi connectivity index (χ1v) is 5.31. The molecule has 0 atom stereocenters. The molecule has 82 valence electrons. The van der Waals surface area contributed by atoms with Gasteiger partial charge in [0.05, 0.1) is 12.0 Å². The topological polar surface area (TPSA) is 28.7 Å². The number of nitrogens with zero attached hydrogens (tertiary/aromatic N) is 1. The highest BCUT2D eigenvalue weighted by Crippen LogP contribution is 2.24. The van der Waals surface area contributed by atoms with E-state index in [2.05, 4.69) is 9.97 Å². The van der Waals surface area contributed by atoms with Crippen LogP contribution >= 0.6 is 12.2 Å². The maximum absolute atomic E-state index is 13.0. The number of hydrogen-bond donors (Lipinski definition) is 1. The first-order chi connectivity index (χ1) is 7.59. The number of aryl methyl sites for hydroxylation is 1. The van der Waals surface area contributed by atoms with Gasteiger partial charge in [0.1, 0.15) is 10.5 Å². The van der Waals surface area contributed by atoms with Gasteiger partial charge in [-0.25, -0.2) is 9.37 Å². The van der Waals surface area contributed by atoms with Crippen LogP contribution in [0.3, 0.4) is 0 Å². The van der Waals surface area contributed by atoms with Gasteiger partial charge in [-0.1, -0.05) is 12.2 Å². The molecule has 0 bridgehead atoms. The summed E-state index contributed by atoms with van der Waals surface area (Å²) in [5.74, 6) is -0.230. The molecule has 0 spiro atoms. The minimum Gasteiger partial charge on any atom is -0.346 e. The number of halogens is 1. The summed E-state index contributed by atoms with van der Waals surface area (Å²) in [6, 6.07) is 4.70. The normalized spacial score (nSPS) is 10.4. The maximum atomic E-state index is 13.0. The number of hydrogen-bond acceptors (Lipinski definition) is 2. The van der Waals surface area contributed by atoms with Gasteiger partial charge in [0.2, 0.25) is 0 Å². The van der Waals surface area contributed by atoms with Crippen molar-refractivity contribution >= 4 is 12.2 Å². The molecular formula is C12H11FN2S. The van der Waals surface area contributed by atoms with Gasteiger partial charge in [-0.05, 0) is 37.6 Å². The summed E-state index contributed by atoms with van der Waals surface area (Å²) in [6.07, 6.45) is 1.56. The molecule has 0 unspecified atom stereocenters. The lowest BCUT2D eigenvalue weighted by atomic mass is 10.0. The van der Waals surface area contributed by atoms with Crippen LogP contribution in [0, 0.1) is 24.3 Å². The van der Waals surface area contributed by atoms with Crippen LogP contribution in [0.15, 0.2) is 24.5 Å². The monoisotopic (exact) mass is 234 g/mol. The van der Waals surface area contributed by atoms with Crippen LogP contribution in [0.2, 0.25) is 0 Å². The highest BCUT2D eigenvalue weighted by Gasteiger charge is 2.07. The van der Waals surface area contributed by atoms with E-state index in [0.29, 0.717) is 4.64 Å². The predicted octanol–water partition coefficient (Wildman–Crippen LogP) is 3.56. The average molecular weight is 234 g/mol. The summed E-state index contributed by atoms with van der Waals surface area (Å²) in [6.45, 7) is 3.78. The summed E-state index contributed by atoms with van der Waals surface area (Å²) in [5.41, 5.74) is 3.64. The SMILES string of the molecule is Cc1cc(F)ccc1-c1[nH]cnc(=S)c1C. The number of nitrogens with one attached hydrogen (secondary N) is 1. The molecule has 1 aromatic carbocycles. The summed E-state index contributed by atoms with van der Waals surface area (Å²) < 4.78 is 13.6. The molecule has 2 aromatic rings. The molecular weight excluding hydrogens is 223 g/mol. The third-order valence-electron chi connectivity index (χ3n) is 2.54. The minimum absolute atomic E-state index is 0.230. The Balaban J connectivity index is 2.68. The van der Waals surface area contributed by atoms with Crippen molar-refractivity contribution in [3.63, 3.8) is 0 Å². The van der Waals surface area contributed by atoms with Gasteiger partial charge >= 0.3 is 0 Å². The smallest absolute Gasteiger partial charge is 0.132 e. The summed E-state index contributed by atoms with van der Waals surface area (Å²) >= 11 is 5.10. The highest BCUT2D eigenvalue weighted by molar-refractivity contribution is 7.71. The van der Waals surface area contributed by atoms with Crippen LogP contribution in [-0.4, -0.2) is 9.97 Å². The molecule has 1 heterocycles. The molecule has 0 radical (unpaired) electrons. The van der Waals surface area contributed by atoms with Crippen molar-refractivity contribution in [2.24, 2.45) is 0 Å². The van der Waals surface area contributed by atoms with Gasteiger partial charge < -0.3 is 4.98 Å².